The molecule has 0 saturated carbocycles. The Morgan fingerprint density at radius 1 is 0.739 bits per heavy atom. The van der Waals surface area contributed by atoms with Crippen LogP contribution in [0.3, 0.4) is 0 Å². The Hall–Kier alpha value is -1.90. The number of hydrogen-bond donors (Lipinski definition) is 1. The lowest BCUT2D eigenvalue weighted by atomic mass is 9.97. The van der Waals surface area contributed by atoms with Gasteiger partial charge in [0.25, 0.3) is 0 Å². The summed E-state index contributed by atoms with van der Waals surface area (Å²) in [6.45, 7) is 0. The molecule has 0 aromatic heterocycles. The van der Waals surface area contributed by atoms with Crippen molar-refractivity contribution in [2.75, 3.05) is 5.32 Å². The van der Waals surface area contributed by atoms with Gasteiger partial charge in [-0.2, -0.15) is 0 Å². The minimum atomic E-state index is 0.217. The largest absolute Gasteiger partial charge is 0.376 e. The molecule has 114 valence electrons. The number of fused-ring (bicyclic) bond motifs is 1. The van der Waals surface area contributed by atoms with Crippen LogP contribution < -0.4 is 5.32 Å². The van der Waals surface area contributed by atoms with Crippen LogP contribution in [0.1, 0.15) is 22.4 Å². The molecule has 4 rings (SSSR count). The monoisotopic (exact) mass is 337 g/mol. The van der Waals surface area contributed by atoms with Crippen LogP contribution >= 0.6 is 23.4 Å². The van der Waals surface area contributed by atoms with E-state index in [-0.39, 0.29) is 6.04 Å². The first kappa shape index (κ1) is 14.7. The molecule has 3 aromatic rings. The number of thioether (sulfide) groups is 1. The number of para-hydroxylation sites is 1. The highest BCUT2D eigenvalue weighted by molar-refractivity contribution is 7.99. The topological polar surface area (TPSA) is 12.0 Å². The van der Waals surface area contributed by atoms with Crippen LogP contribution in [0.25, 0.3) is 0 Å². The minimum absolute atomic E-state index is 0.217. The first-order chi connectivity index (χ1) is 11.3. The van der Waals surface area contributed by atoms with Crippen LogP contribution in [0.2, 0.25) is 5.02 Å². The molecule has 1 N–H and O–H groups in total. The molecule has 0 amide bonds. The Balaban J connectivity index is 1.78. The average molecular weight is 338 g/mol. The van der Waals surface area contributed by atoms with Crippen molar-refractivity contribution in [2.24, 2.45) is 0 Å². The standard InChI is InChI=1S/C20H16ClNS/c21-16-12-10-14(11-13-16)19-20(15-6-2-1-3-7-15)23-18-9-5-4-8-17(18)22-19/h1-13,19-20,22H/t19-,20+/m1/s1. The van der Waals surface area contributed by atoms with E-state index >= 15 is 0 Å². The molecule has 0 radical (unpaired) electrons. The van der Waals surface area contributed by atoms with Gasteiger partial charge in [-0.25, -0.2) is 0 Å². The van der Waals surface area contributed by atoms with Crippen molar-refractivity contribution >= 4 is 29.1 Å². The summed E-state index contributed by atoms with van der Waals surface area (Å²) >= 11 is 7.98. The van der Waals surface area contributed by atoms with Crippen molar-refractivity contribution < 1.29 is 0 Å². The number of hydrogen-bond acceptors (Lipinski definition) is 2. The first-order valence-corrected chi connectivity index (χ1v) is 8.90. The molecule has 0 fully saturated rings. The zero-order valence-electron chi connectivity index (χ0n) is 12.4. The second-order valence-corrected chi connectivity index (χ2v) is 7.24. The minimum Gasteiger partial charge on any atom is -0.376 e. The van der Waals surface area contributed by atoms with E-state index in [9.17, 15) is 0 Å². The molecule has 3 heteroatoms. The van der Waals surface area contributed by atoms with E-state index in [1.54, 1.807) is 0 Å². The molecular formula is C20H16ClNS. The summed E-state index contributed by atoms with van der Waals surface area (Å²) < 4.78 is 0. The third kappa shape index (κ3) is 2.97. The van der Waals surface area contributed by atoms with Gasteiger partial charge in [0.1, 0.15) is 0 Å². The highest BCUT2D eigenvalue weighted by atomic mass is 35.5. The molecule has 3 aromatic carbocycles. The van der Waals surface area contributed by atoms with E-state index < -0.39 is 0 Å². The number of nitrogens with one attached hydrogen (secondary N) is 1. The van der Waals surface area contributed by atoms with Crippen molar-refractivity contribution in [1.82, 2.24) is 0 Å². The van der Waals surface area contributed by atoms with E-state index in [4.69, 9.17) is 11.6 Å². The number of rotatable bonds is 2. The Kier molecular flexibility index (Phi) is 4.02. The quantitative estimate of drug-likeness (QED) is 0.585. The third-order valence-corrected chi connectivity index (χ3v) is 5.77. The second-order valence-electron chi connectivity index (χ2n) is 5.62. The van der Waals surface area contributed by atoms with Gasteiger partial charge in [0.05, 0.1) is 11.3 Å². The molecule has 1 aliphatic heterocycles. The molecule has 0 bridgehead atoms. The Bertz CT molecular complexity index is 801. The fraction of sp³-hybridized carbons (Fsp3) is 0.100. The molecule has 0 unspecified atom stereocenters. The van der Waals surface area contributed by atoms with E-state index in [1.807, 2.05) is 23.9 Å². The highest BCUT2D eigenvalue weighted by Gasteiger charge is 2.30. The van der Waals surface area contributed by atoms with E-state index in [2.05, 4.69) is 72.0 Å². The van der Waals surface area contributed by atoms with Crippen molar-refractivity contribution in [1.29, 1.82) is 0 Å². The lowest BCUT2D eigenvalue weighted by molar-refractivity contribution is 0.743. The van der Waals surface area contributed by atoms with Crippen molar-refractivity contribution in [3.63, 3.8) is 0 Å². The maximum Gasteiger partial charge on any atom is 0.0677 e. The maximum atomic E-state index is 6.06. The Morgan fingerprint density at radius 2 is 1.43 bits per heavy atom. The molecular weight excluding hydrogens is 322 g/mol. The normalized spacial score (nSPS) is 19.7. The van der Waals surface area contributed by atoms with E-state index in [0.29, 0.717) is 5.25 Å². The number of benzene rings is 3. The van der Waals surface area contributed by atoms with Crippen LogP contribution in [-0.4, -0.2) is 0 Å². The summed E-state index contributed by atoms with van der Waals surface area (Å²) in [6, 6.07) is 27.6. The lowest BCUT2D eigenvalue weighted by Crippen LogP contribution is -2.21. The van der Waals surface area contributed by atoms with Crippen molar-refractivity contribution in [2.45, 2.75) is 16.2 Å². The Morgan fingerprint density at radius 3 is 2.22 bits per heavy atom. The van der Waals surface area contributed by atoms with Gasteiger partial charge in [0.15, 0.2) is 0 Å². The summed E-state index contributed by atoms with van der Waals surface area (Å²) in [7, 11) is 0. The lowest BCUT2D eigenvalue weighted by Gasteiger charge is -2.35. The van der Waals surface area contributed by atoms with Crippen LogP contribution in [0.4, 0.5) is 5.69 Å². The summed E-state index contributed by atoms with van der Waals surface area (Å²) in [6.07, 6.45) is 0. The fourth-order valence-electron chi connectivity index (χ4n) is 2.97. The van der Waals surface area contributed by atoms with Gasteiger partial charge in [-0.1, -0.05) is 66.2 Å². The summed E-state index contributed by atoms with van der Waals surface area (Å²) in [5.74, 6) is 0. The molecule has 0 spiro atoms. The van der Waals surface area contributed by atoms with E-state index in [0.717, 1.165) is 5.02 Å². The van der Waals surface area contributed by atoms with Gasteiger partial charge in [0, 0.05) is 15.6 Å². The van der Waals surface area contributed by atoms with Crippen LogP contribution in [0.5, 0.6) is 0 Å². The maximum absolute atomic E-state index is 6.06. The summed E-state index contributed by atoms with van der Waals surface area (Å²) in [5, 5.41) is 4.82. The van der Waals surface area contributed by atoms with Gasteiger partial charge in [-0.3, -0.25) is 0 Å². The predicted molar refractivity (Wildman–Crippen MR) is 99.3 cm³/mol. The van der Waals surface area contributed by atoms with Gasteiger partial charge in [0.2, 0.25) is 0 Å². The molecule has 1 heterocycles. The first-order valence-electron chi connectivity index (χ1n) is 7.64. The average Bonchev–Trinajstić information content (AvgIpc) is 2.62. The van der Waals surface area contributed by atoms with E-state index in [1.165, 1.54) is 21.7 Å². The summed E-state index contributed by atoms with van der Waals surface area (Å²) in [5.41, 5.74) is 3.79. The predicted octanol–water partition coefficient (Wildman–Crippen LogP) is 6.34. The molecule has 0 saturated heterocycles. The fourth-order valence-corrected chi connectivity index (χ4v) is 4.43. The SMILES string of the molecule is Clc1ccc([C@H]2Nc3ccccc3S[C@H]2c2ccccc2)cc1. The summed E-state index contributed by atoms with van der Waals surface area (Å²) in [4.78, 5) is 1.30. The second kappa shape index (κ2) is 6.31. The number of halogens is 1. The van der Waals surface area contributed by atoms with Crippen molar-refractivity contribution in [3.8, 4) is 0 Å². The third-order valence-electron chi connectivity index (χ3n) is 4.11. The molecule has 1 aliphatic rings. The molecule has 1 nitrogen and oxygen atoms in total. The zero-order chi connectivity index (χ0) is 15.6. The molecule has 23 heavy (non-hydrogen) atoms. The van der Waals surface area contributed by atoms with Crippen molar-refractivity contribution in [3.05, 3.63) is 95.0 Å². The van der Waals surface area contributed by atoms with Crippen LogP contribution in [0.15, 0.2) is 83.8 Å². The number of anilines is 1. The zero-order valence-corrected chi connectivity index (χ0v) is 14.0. The Labute approximate surface area is 145 Å². The van der Waals surface area contributed by atoms with Gasteiger partial charge < -0.3 is 5.32 Å². The van der Waals surface area contributed by atoms with Crippen LogP contribution in [-0.2, 0) is 0 Å². The van der Waals surface area contributed by atoms with Gasteiger partial charge >= 0.3 is 0 Å². The molecule has 0 aliphatic carbocycles. The smallest absolute Gasteiger partial charge is 0.0677 e. The molecule has 2 atom stereocenters. The van der Waals surface area contributed by atoms with Gasteiger partial charge in [-0.15, -0.1) is 11.8 Å². The van der Waals surface area contributed by atoms with Gasteiger partial charge in [-0.05, 0) is 35.4 Å². The highest BCUT2D eigenvalue weighted by Crippen LogP contribution is 2.51. The van der Waals surface area contributed by atoms with Crippen LogP contribution in [0, 0.1) is 0 Å².